The highest BCUT2D eigenvalue weighted by Gasteiger charge is 2.36. The molecule has 7 heteroatoms. The Morgan fingerprint density at radius 3 is 2.86 bits per heavy atom. The van der Waals surface area contributed by atoms with Crippen LogP contribution in [-0.4, -0.2) is 42.4 Å². The van der Waals surface area contributed by atoms with Crippen LogP contribution >= 0.6 is 0 Å². The Morgan fingerprint density at radius 1 is 1.48 bits per heavy atom. The van der Waals surface area contributed by atoms with E-state index in [0.29, 0.717) is 18.6 Å². The van der Waals surface area contributed by atoms with Crippen molar-refractivity contribution in [3.8, 4) is 0 Å². The number of aryl methyl sites for hydroxylation is 1. The van der Waals surface area contributed by atoms with Gasteiger partial charge in [0, 0.05) is 6.42 Å². The van der Waals surface area contributed by atoms with E-state index in [1.165, 1.54) is 12.0 Å². The molecule has 1 aliphatic rings. The first-order valence-corrected chi connectivity index (χ1v) is 6.70. The Kier molecular flexibility index (Phi) is 4.62. The SMILES string of the molecule is COC(=O)CNC(=O)C1CCC(=O)N1Cc1ccc(C)o1. The van der Waals surface area contributed by atoms with Crippen LogP contribution in [0.4, 0.5) is 0 Å². The minimum Gasteiger partial charge on any atom is -0.468 e. The fraction of sp³-hybridized carbons (Fsp3) is 0.500. The summed E-state index contributed by atoms with van der Waals surface area (Å²) in [7, 11) is 1.25. The highest BCUT2D eigenvalue weighted by Crippen LogP contribution is 2.22. The van der Waals surface area contributed by atoms with Gasteiger partial charge >= 0.3 is 5.97 Å². The number of methoxy groups -OCH3 is 1. The van der Waals surface area contributed by atoms with Crippen LogP contribution < -0.4 is 5.32 Å². The van der Waals surface area contributed by atoms with E-state index in [1.807, 2.05) is 13.0 Å². The molecule has 2 amide bonds. The maximum Gasteiger partial charge on any atom is 0.325 e. The molecule has 0 aliphatic carbocycles. The molecule has 1 aromatic heterocycles. The van der Waals surface area contributed by atoms with Crippen LogP contribution in [0.5, 0.6) is 0 Å². The number of esters is 1. The molecule has 0 aromatic carbocycles. The largest absolute Gasteiger partial charge is 0.468 e. The molecular formula is C14H18N2O5. The van der Waals surface area contributed by atoms with E-state index < -0.39 is 12.0 Å². The Labute approximate surface area is 122 Å². The van der Waals surface area contributed by atoms with Crippen molar-refractivity contribution in [1.82, 2.24) is 10.2 Å². The van der Waals surface area contributed by atoms with Crippen molar-refractivity contribution in [1.29, 1.82) is 0 Å². The topological polar surface area (TPSA) is 88.8 Å². The number of carbonyl (C=O) groups is 3. The van der Waals surface area contributed by atoms with Gasteiger partial charge in [0.1, 0.15) is 24.1 Å². The molecule has 2 heterocycles. The average Bonchev–Trinajstić information content (AvgIpc) is 3.03. The minimum absolute atomic E-state index is 0.0951. The minimum atomic E-state index is -0.576. The summed E-state index contributed by atoms with van der Waals surface area (Å²) in [6.07, 6.45) is 0.752. The van der Waals surface area contributed by atoms with Crippen molar-refractivity contribution < 1.29 is 23.5 Å². The van der Waals surface area contributed by atoms with E-state index in [0.717, 1.165) is 5.76 Å². The zero-order valence-electron chi connectivity index (χ0n) is 12.0. The fourth-order valence-corrected chi connectivity index (χ4v) is 2.29. The van der Waals surface area contributed by atoms with E-state index in [2.05, 4.69) is 10.1 Å². The number of hydrogen-bond acceptors (Lipinski definition) is 5. The number of carbonyl (C=O) groups excluding carboxylic acids is 3. The summed E-state index contributed by atoms with van der Waals surface area (Å²) in [5.41, 5.74) is 0. The Balaban J connectivity index is 1.99. The van der Waals surface area contributed by atoms with Crippen LogP contribution in [0.2, 0.25) is 0 Å². The van der Waals surface area contributed by atoms with E-state index in [9.17, 15) is 14.4 Å². The summed E-state index contributed by atoms with van der Waals surface area (Å²) >= 11 is 0. The Bertz CT molecular complexity index is 551. The van der Waals surface area contributed by atoms with Gasteiger partial charge in [-0.15, -0.1) is 0 Å². The molecule has 0 spiro atoms. The van der Waals surface area contributed by atoms with Gasteiger partial charge in [-0.05, 0) is 25.5 Å². The summed E-state index contributed by atoms with van der Waals surface area (Å²) < 4.78 is 9.90. The number of hydrogen-bond donors (Lipinski definition) is 1. The lowest BCUT2D eigenvalue weighted by Gasteiger charge is -2.22. The zero-order chi connectivity index (χ0) is 15.4. The number of furan rings is 1. The van der Waals surface area contributed by atoms with Crippen LogP contribution in [0.15, 0.2) is 16.5 Å². The van der Waals surface area contributed by atoms with Gasteiger partial charge in [-0.25, -0.2) is 0 Å². The molecular weight excluding hydrogens is 276 g/mol. The van der Waals surface area contributed by atoms with Crippen molar-refractivity contribution in [2.75, 3.05) is 13.7 Å². The highest BCUT2D eigenvalue weighted by atomic mass is 16.5. The summed E-state index contributed by atoms with van der Waals surface area (Å²) in [6, 6.07) is 3.01. The lowest BCUT2D eigenvalue weighted by Crippen LogP contribution is -2.45. The number of nitrogens with zero attached hydrogens (tertiary/aromatic N) is 1. The number of ether oxygens (including phenoxy) is 1. The molecule has 7 nitrogen and oxygen atoms in total. The predicted molar refractivity (Wildman–Crippen MR) is 72.0 cm³/mol. The molecule has 114 valence electrons. The van der Waals surface area contributed by atoms with E-state index in [-0.39, 0.29) is 24.9 Å². The Morgan fingerprint density at radius 2 is 2.24 bits per heavy atom. The zero-order valence-corrected chi connectivity index (χ0v) is 12.0. The van der Waals surface area contributed by atoms with Gasteiger partial charge in [-0.2, -0.15) is 0 Å². The third kappa shape index (κ3) is 3.62. The lowest BCUT2D eigenvalue weighted by atomic mass is 10.2. The molecule has 1 unspecified atom stereocenters. The second-order valence-electron chi connectivity index (χ2n) is 4.88. The van der Waals surface area contributed by atoms with E-state index in [4.69, 9.17) is 4.42 Å². The molecule has 21 heavy (non-hydrogen) atoms. The molecule has 1 saturated heterocycles. The smallest absolute Gasteiger partial charge is 0.325 e. The highest BCUT2D eigenvalue weighted by molar-refractivity contribution is 5.92. The molecule has 2 rings (SSSR count). The standard InChI is InChI=1S/C14H18N2O5/c1-9-3-4-10(21-9)8-16-11(5-6-12(16)17)14(19)15-7-13(18)20-2/h3-4,11H,5-8H2,1-2H3,(H,15,19). The molecule has 0 bridgehead atoms. The van der Waals surface area contributed by atoms with Crippen LogP contribution in [0.3, 0.4) is 0 Å². The predicted octanol–water partition coefficient (Wildman–Crippen LogP) is 0.368. The van der Waals surface area contributed by atoms with Gasteiger partial charge in [0.15, 0.2) is 0 Å². The molecule has 1 aromatic rings. The number of amides is 2. The van der Waals surface area contributed by atoms with E-state index in [1.54, 1.807) is 6.07 Å². The maximum absolute atomic E-state index is 12.1. The first kappa shape index (κ1) is 15.1. The second-order valence-corrected chi connectivity index (χ2v) is 4.88. The first-order chi connectivity index (χ1) is 10.0. The van der Waals surface area contributed by atoms with Crippen molar-refractivity contribution in [3.05, 3.63) is 23.7 Å². The summed E-state index contributed by atoms with van der Waals surface area (Å²) in [5.74, 6) is 0.412. The number of nitrogens with one attached hydrogen (secondary N) is 1. The van der Waals surface area contributed by atoms with Crippen molar-refractivity contribution >= 4 is 17.8 Å². The van der Waals surface area contributed by atoms with Gasteiger partial charge in [0.2, 0.25) is 11.8 Å². The van der Waals surface area contributed by atoms with Gasteiger partial charge < -0.3 is 19.4 Å². The molecule has 1 aliphatic heterocycles. The van der Waals surface area contributed by atoms with Crippen molar-refractivity contribution in [2.24, 2.45) is 0 Å². The Hall–Kier alpha value is -2.31. The fourth-order valence-electron chi connectivity index (χ4n) is 2.29. The van der Waals surface area contributed by atoms with Crippen LogP contribution in [0.25, 0.3) is 0 Å². The number of likely N-dealkylation sites (tertiary alicyclic amines) is 1. The molecule has 0 saturated carbocycles. The summed E-state index contributed by atoms with van der Waals surface area (Å²) in [4.78, 5) is 36.5. The molecule has 1 N–H and O–H groups in total. The summed E-state index contributed by atoms with van der Waals surface area (Å²) in [5, 5.41) is 2.48. The maximum atomic E-state index is 12.1. The van der Waals surface area contributed by atoms with Crippen molar-refractivity contribution in [2.45, 2.75) is 32.4 Å². The van der Waals surface area contributed by atoms with E-state index >= 15 is 0 Å². The lowest BCUT2D eigenvalue weighted by molar-refractivity contribution is -0.142. The van der Waals surface area contributed by atoms with Gasteiger partial charge in [-0.1, -0.05) is 0 Å². The van der Waals surface area contributed by atoms with Gasteiger partial charge in [0.25, 0.3) is 0 Å². The monoisotopic (exact) mass is 294 g/mol. The van der Waals surface area contributed by atoms with Crippen LogP contribution in [0.1, 0.15) is 24.4 Å². The third-order valence-electron chi connectivity index (χ3n) is 3.39. The second kappa shape index (κ2) is 6.43. The molecule has 0 radical (unpaired) electrons. The first-order valence-electron chi connectivity index (χ1n) is 6.70. The molecule has 1 fully saturated rings. The van der Waals surface area contributed by atoms with Crippen LogP contribution in [-0.2, 0) is 25.7 Å². The third-order valence-corrected chi connectivity index (χ3v) is 3.39. The average molecular weight is 294 g/mol. The van der Waals surface area contributed by atoms with Gasteiger partial charge in [0.05, 0.1) is 13.7 Å². The number of rotatable bonds is 5. The van der Waals surface area contributed by atoms with Crippen LogP contribution in [0, 0.1) is 6.92 Å². The van der Waals surface area contributed by atoms with Gasteiger partial charge in [-0.3, -0.25) is 14.4 Å². The quantitative estimate of drug-likeness (QED) is 0.792. The normalized spacial score (nSPS) is 17.9. The van der Waals surface area contributed by atoms with Crippen molar-refractivity contribution in [3.63, 3.8) is 0 Å². The summed E-state index contributed by atoms with van der Waals surface area (Å²) in [6.45, 7) is 1.87. The molecule has 1 atom stereocenters.